The van der Waals surface area contributed by atoms with Crippen molar-refractivity contribution >= 4 is 39.2 Å². The summed E-state index contributed by atoms with van der Waals surface area (Å²) in [5.41, 5.74) is 0.354. The van der Waals surface area contributed by atoms with Crippen molar-refractivity contribution in [1.82, 2.24) is 5.32 Å². The number of Topliss-reactive ketones (excluding diaryl/α,β-unsaturated/α-hetero) is 1. The molecule has 0 saturated heterocycles. The van der Waals surface area contributed by atoms with Gasteiger partial charge in [-0.2, -0.15) is 0 Å². The Balaban J connectivity index is 2.81. The third-order valence-electron chi connectivity index (χ3n) is 1.67. The van der Waals surface area contributed by atoms with Gasteiger partial charge < -0.3 is 5.32 Å². The highest BCUT2D eigenvalue weighted by Crippen LogP contribution is 2.20. The van der Waals surface area contributed by atoms with Gasteiger partial charge >= 0.3 is 0 Å². The molecular formula is C10H9BrClNO2. The van der Waals surface area contributed by atoms with Crippen molar-refractivity contribution in [2.24, 2.45) is 0 Å². The summed E-state index contributed by atoms with van der Waals surface area (Å²) in [5, 5.41) is 2.83. The van der Waals surface area contributed by atoms with E-state index in [0.29, 0.717) is 10.6 Å². The molecule has 15 heavy (non-hydrogen) atoms. The van der Waals surface area contributed by atoms with Gasteiger partial charge in [-0.25, -0.2) is 0 Å². The molecule has 1 rings (SSSR count). The zero-order valence-corrected chi connectivity index (χ0v) is 10.4. The number of hydrogen-bond acceptors (Lipinski definition) is 2. The van der Waals surface area contributed by atoms with Crippen LogP contribution in [0.15, 0.2) is 22.7 Å². The molecule has 0 aliphatic carbocycles. The molecule has 1 N–H and O–H groups in total. The topological polar surface area (TPSA) is 46.2 Å². The summed E-state index contributed by atoms with van der Waals surface area (Å²) in [5.74, 6) is -0.453. The normalized spacial score (nSPS) is 9.80. The van der Waals surface area contributed by atoms with Crippen LogP contribution in [-0.4, -0.2) is 18.2 Å². The summed E-state index contributed by atoms with van der Waals surface area (Å²) < 4.78 is 0.764. The number of benzene rings is 1. The van der Waals surface area contributed by atoms with Crippen molar-refractivity contribution in [2.75, 3.05) is 6.54 Å². The molecule has 80 valence electrons. The first-order valence-electron chi connectivity index (χ1n) is 4.23. The lowest BCUT2D eigenvalue weighted by Crippen LogP contribution is -2.28. The van der Waals surface area contributed by atoms with Crippen molar-refractivity contribution in [3.63, 3.8) is 0 Å². The van der Waals surface area contributed by atoms with Crippen LogP contribution in [0.3, 0.4) is 0 Å². The van der Waals surface area contributed by atoms with E-state index in [9.17, 15) is 9.59 Å². The second-order valence-electron chi connectivity index (χ2n) is 3.01. The van der Waals surface area contributed by atoms with E-state index in [4.69, 9.17) is 11.6 Å². The van der Waals surface area contributed by atoms with E-state index in [1.54, 1.807) is 18.2 Å². The lowest BCUT2D eigenvalue weighted by atomic mass is 10.2. The number of halogens is 2. The Morgan fingerprint density at radius 2 is 2.13 bits per heavy atom. The van der Waals surface area contributed by atoms with Crippen molar-refractivity contribution in [1.29, 1.82) is 0 Å². The standard InChI is InChI=1S/C10H9BrClNO2/c1-6(14)5-13-10(15)8-4-7(11)2-3-9(8)12/h2-4H,5H2,1H3,(H,13,15). The summed E-state index contributed by atoms with van der Waals surface area (Å²) in [6, 6.07) is 4.97. The van der Waals surface area contributed by atoms with Gasteiger partial charge in [0.15, 0.2) is 0 Å². The summed E-state index contributed by atoms with van der Waals surface area (Å²) >= 11 is 9.08. The van der Waals surface area contributed by atoms with Gasteiger partial charge in [-0.1, -0.05) is 27.5 Å². The molecule has 1 aromatic carbocycles. The van der Waals surface area contributed by atoms with Gasteiger partial charge in [0.25, 0.3) is 5.91 Å². The Kier molecular flexibility index (Phi) is 4.29. The summed E-state index contributed by atoms with van der Waals surface area (Å²) in [4.78, 5) is 22.2. The molecule has 0 bridgehead atoms. The van der Waals surface area contributed by atoms with Crippen LogP contribution in [0, 0.1) is 0 Å². The molecule has 5 heteroatoms. The lowest BCUT2D eigenvalue weighted by Gasteiger charge is -2.05. The van der Waals surface area contributed by atoms with E-state index in [-0.39, 0.29) is 18.2 Å². The number of rotatable bonds is 3. The summed E-state index contributed by atoms with van der Waals surface area (Å²) in [6.07, 6.45) is 0. The predicted molar refractivity (Wildman–Crippen MR) is 62.2 cm³/mol. The third kappa shape index (κ3) is 3.64. The highest BCUT2D eigenvalue weighted by molar-refractivity contribution is 9.10. The lowest BCUT2D eigenvalue weighted by molar-refractivity contribution is -0.116. The molecule has 0 fully saturated rings. The molecule has 1 amide bonds. The van der Waals surface area contributed by atoms with E-state index < -0.39 is 0 Å². The molecule has 0 saturated carbocycles. The van der Waals surface area contributed by atoms with E-state index in [0.717, 1.165) is 4.47 Å². The Morgan fingerprint density at radius 3 is 2.73 bits per heavy atom. The molecule has 3 nitrogen and oxygen atoms in total. The van der Waals surface area contributed by atoms with Crippen LogP contribution in [0.2, 0.25) is 5.02 Å². The van der Waals surface area contributed by atoms with Gasteiger partial charge in [-0.05, 0) is 25.1 Å². The smallest absolute Gasteiger partial charge is 0.253 e. The largest absolute Gasteiger partial charge is 0.345 e. The van der Waals surface area contributed by atoms with Gasteiger partial charge in [-0.15, -0.1) is 0 Å². The molecule has 0 heterocycles. The predicted octanol–water partition coefficient (Wildman–Crippen LogP) is 2.42. The maximum Gasteiger partial charge on any atom is 0.253 e. The monoisotopic (exact) mass is 289 g/mol. The Hall–Kier alpha value is -0.870. The fraction of sp³-hybridized carbons (Fsp3) is 0.200. The van der Waals surface area contributed by atoms with E-state index in [1.165, 1.54) is 6.92 Å². The van der Waals surface area contributed by atoms with Crippen LogP contribution in [0.4, 0.5) is 0 Å². The minimum absolute atomic E-state index is 0.0156. The van der Waals surface area contributed by atoms with Crippen LogP contribution in [-0.2, 0) is 4.79 Å². The number of carbonyl (C=O) groups excluding carboxylic acids is 2. The molecule has 0 atom stereocenters. The highest BCUT2D eigenvalue weighted by atomic mass is 79.9. The first-order valence-corrected chi connectivity index (χ1v) is 5.40. The first kappa shape index (κ1) is 12.2. The quantitative estimate of drug-likeness (QED) is 0.929. The zero-order valence-electron chi connectivity index (χ0n) is 8.01. The van der Waals surface area contributed by atoms with E-state index in [1.807, 2.05) is 0 Å². The summed E-state index contributed by atoms with van der Waals surface area (Å²) in [6.45, 7) is 1.42. The zero-order chi connectivity index (χ0) is 11.4. The SMILES string of the molecule is CC(=O)CNC(=O)c1cc(Br)ccc1Cl. The average molecular weight is 291 g/mol. The Bertz CT molecular complexity index is 406. The average Bonchev–Trinajstić information content (AvgIpc) is 2.18. The number of amides is 1. The highest BCUT2D eigenvalue weighted by Gasteiger charge is 2.10. The first-order chi connectivity index (χ1) is 7.00. The maximum atomic E-state index is 11.6. The van der Waals surface area contributed by atoms with Crippen molar-refractivity contribution in [3.05, 3.63) is 33.3 Å². The van der Waals surface area contributed by atoms with Crippen molar-refractivity contribution < 1.29 is 9.59 Å². The molecule has 0 radical (unpaired) electrons. The van der Waals surface area contributed by atoms with Crippen LogP contribution >= 0.6 is 27.5 Å². The number of hydrogen-bond donors (Lipinski definition) is 1. The van der Waals surface area contributed by atoms with E-state index in [2.05, 4.69) is 21.2 Å². The molecule has 0 aliphatic rings. The van der Waals surface area contributed by atoms with Crippen LogP contribution in [0.25, 0.3) is 0 Å². The van der Waals surface area contributed by atoms with Gasteiger partial charge in [0, 0.05) is 4.47 Å². The number of ketones is 1. The minimum atomic E-state index is -0.350. The fourth-order valence-electron chi connectivity index (χ4n) is 0.971. The second-order valence-corrected chi connectivity index (χ2v) is 4.33. The second kappa shape index (κ2) is 5.28. The van der Waals surface area contributed by atoms with Gasteiger partial charge in [0.1, 0.15) is 5.78 Å². The molecule has 0 aromatic heterocycles. The fourth-order valence-corrected chi connectivity index (χ4v) is 1.54. The molecule has 0 spiro atoms. The molecule has 0 unspecified atom stereocenters. The molecule has 1 aromatic rings. The van der Waals surface area contributed by atoms with Crippen molar-refractivity contribution in [3.8, 4) is 0 Å². The van der Waals surface area contributed by atoms with Crippen LogP contribution in [0.5, 0.6) is 0 Å². The minimum Gasteiger partial charge on any atom is -0.345 e. The Labute approximate surface area is 101 Å². The van der Waals surface area contributed by atoms with Gasteiger partial charge in [-0.3, -0.25) is 9.59 Å². The number of carbonyl (C=O) groups is 2. The molecular weight excluding hydrogens is 281 g/mol. The Morgan fingerprint density at radius 1 is 1.47 bits per heavy atom. The van der Waals surface area contributed by atoms with E-state index >= 15 is 0 Å². The summed E-state index contributed by atoms with van der Waals surface area (Å²) in [7, 11) is 0. The molecule has 0 aliphatic heterocycles. The van der Waals surface area contributed by atoms with Gasteiger partial charge in [0.2, 0.25) is 0 Å². The van der Waals surface area contributed by atoms with Crippen molar-refractivity contribution in [2.45, 2.75) is 6.92 Å². The maximum absolute atomic E-state index is 11.6. The van der Waals surface area contributed by atoms with Crippen LogP contribution in [0.1, 0.15) is 17.3 Å². The van der Waals surface area contributed by atoms with Crippen LogP contribution < -0.4 is 5.32 Å². The van der Waals surface area contributed by atoms with Gasteiger partial charge in [0.05, 0.1) is 17.1 Å². The number of nitrogens with one attached hydrogen (secondary N) is 1. The third-order valence-corrected chi connectivity index (χ3v) is 2.49.